The maximum atomic E-state index is 11.7. The Balaban J connectivity index is 2.14. The van der Waals surface area contributed by atoms with Crippen LogP contribution in [0, 0.1) is 0 Å². The molecule has 2 aromatic rings. The lowest BCUT2D eigenvalue weighted by molar-refractivity contribution is 0.0602. The Hall–Kier alpha value is -3.02. The molecule has 6 nitrogen and oxygen atoms in total. The molecule has 2 N–H and O–H groups in total. The number of carbonyl (C=O) groups excluding carboxylic acids is 2. The maximum absolute atomic E-state index is 11.7. The highest BCUT2D eigenvalue weighted by Crippen LogP contribution is 2.22. The van der Waals surface area contributed by atoms with E-state index in [0.29, 0.717) is 16.9 Å². The lowest BCUT2D eigenvalue weighted by atomic mass is 10.1. The zero-order valence-electron chi connectivity index (χ0n) is 12.3. The Morgan fingerprint density at radius 1 is 0.864 bits per heavy atom. The van der Waals surface area contributed by atoms with Gasteiger partial charge >= 0.3 is 12.1 Å². The van der Waals surface area contributed by atoms with Crippen molar-refractivity contribution in [3.05, 3.63) is 54.1 Å². The number of nitrogens with one attached hydrogen (secondary N) is 2. The number of para-hydroxylation sites is 1. The normalized spacial score (nSPS) is 9.73. The minimum Gasteiger partial charge on any atom is -0.465 e. The third-order valence-electron chi connectivity index (χ3n) is 2.93. The molecule has 0 heterocycles. The van der Waals surface area contributed by atoms with Crippen molar-refractivity contribution in [1.82, 2.24) is 0 Å². The van der Waals surface area contributed by atoms with Crippen LogP contribution in [0.15, 0.2) is 48.5 Å². The highest BCUT2D eigenvalue weighted by molar-refractivity contribution is 5.96. The third-order valence-corrected chi connectivity index (χ3v) is 2.93. The van der Waals surface area contributed by atoms with Crippen molar-refractivity contribution in [2.45, 2.75) is 0 Å². The Labute approximate surface area is 128 Å². The zero-order valence-corrected chi connectivity index (χ0v) is 12.3. The number of benzene rings is 2. The van der Waals surface area contributed by atoms with Crippen LogP contribution in [-0.2, 0) is 9.47 Å². The van der Waals surface area contributed by atoms with Crippen LogP contribution < -0.4 is 10.6 Å². The number of hydrogen-bond acceptors (Lipinski definition) is 5. The lowest BCUT2D eigenvalue weighted by Crippen LogP contribution is -2.10. The largest absolute Gasteiger partial charge is 0.465 e. The summed E-state index contributed by atoms with van der Waals surface area (Å²) >= 11 is 0. The molecule has 0 aliphatic heterocycles. The molecule has 0 spiro atoms. The van der Waals surface area contributed by atoms with Gasteiger partial charge in [0.25, 0.3) is 0 Å². The second kappa shape index (κ2) is 7.12. The number of anilines is 3. The molecule has 2 aromatic carbocycles. The number of methoxy groups -OCH3 is 2. The summed E-state index contributed by atoms with van der Waals surface area (Å²) in [5, 5.41) is 5.70. The molecule has 0 aromatic heterocycles. The van der Waals surface area contributed by atoms with Gasteiger partial charge in [0, 0.05) is 11.4 Å². The first kappa shape index (κ1) is 15.4. The molecule has 6 heteroatoms. The quantitative estimate of drug-likeness (QED) is 0.846. The predicted octanol–water partition coefficient (Wildman–Crippen LogP) is 3.40. The van der Waals surface area contributed by atoms with E-state index in [-0.39, 0.29) is 0 Å². The van der Waals surface area contributed by atoms with Crippen molar-refractivity contribution < 1.29 is 19.1 Å². The predicted molar refractivity (Wildman–Crippen MR) is 83.5 cm³/mol. The smallest absolute Gasteiger partial charge is 0.411 e. The molecule has 0 bridgehead atoms. The Kier molecular flexibility index (Phi) is 4.98. The molecule has 0 atom stereocenters. The summed E-state index contributed by atoms with van der Waals surface area (Å²) < 4.78 is 9.27. The molecule has 2 rings (SSSR count). The molecule has 0 aliphatic rings. The summed E-state index contributed by atoms with van der Waals surface area (Å²) in [6.07, 6.45) is -0.531. The fourth-order valence-corrected chi connectivity index (χ4v) is 1.84. The van der Waals surface area contributed by atoms with Gasteiger partial charge in [-0.1, -0.05) is 12.1 Å². The van der Waals surface area contributed by atoms with Crippen molar-refractivity contribution >= 4 is 29.1 Å². The minimum atomic E-state index is -0.531. The molecule has 1 amide bonds. The number of hydrogen-bond donors (Lipinski definition) is 2. The first-order valence-corrected chi connectivity index (χ1v) is 6.53. The summed E-state index contributed by atoms with van der Waals surface area (Å²) in [4.78, 5) is 22.8. The standard InChI is InChI=1S/C16H16N2O4/c1-21-15(19)13-5-3-4-6-14(13)17-11-7-9-12(10-8-11)18-16(20)22-2/h3-10,17H,1-2H3,(H,18,20). The first-order chi connectivity index (χ1) is 10.6. The summed E-state index contributed by atoms with van der Waals surface area (Å²) in [6, 6.07) is 14.1. The average molecular weight is 300 g/mol. The molecular weight excluding hydrogens is 284 g/mol. The SMILES string of the molecule is COC(=O)Nc1ccc(Nc2ccccc2C(=O)OC)cc1. The number of carbonyl (C=O) groups is 2. The Bertz CT molecular complexity index is 668. The van der Waals surface area contributed by atoms with E-state index in [4.69, 9.17) is 4.74 Å². The van der Waals surface area contributed by atoms with Crippen molar-refractivity contribution in [1.29, 1.82) is 0 Å². The van der Waals surface area contributed by atoms with Crippen LogP contribution >= 0.6 is 0 Å². The lowest BCUT2D eigenvalue weighted by Gasteiger charge is -2.11. The van der Waals surface area contributed by atoms with Crippen LogP contribution in [0.2, 0.25) is 0 Å². The van der Waals surface area contributed by atoms with Crippen molar-refractivity contribution in [2.75, 3.05) is 24.9 Å². The molecule has 0 radical (unpaired) electrons. The minimum absolute atomic E-state index is 0.410. The highest BCUT2D eigenvalue weighted by atomic mass is 16.5. The van der Waals surface area contributed by atoms with E-state index in [1.165, 1.54) is 14.2 Å². The monoisotopic (exact) mass is 300 g/mol. The second-order valence-corrected chi connectivity index (χ2v) is 4.36. The van der Waals surface area contributed by atoms with Crippen LogP contribution in [-0.4, -0.2) is 26.3 Å². The number of ether oxygens (including phenoxy) is 2. The van der Waals surface area contributed by atoms with E-state index in [0.717, 1.165) is 5.69 Å². The van der Waals surface area contributed by atoms with Crippen LogP contribution in [0.1, 0.15) is 10.4 Å². The first-order valence-electron chi connectivity index (χ1n) is 6.53. The molecule has 0 saturated carbocycles. The van der Waals surface area contributed by atoms with Gasteiger partial charge in [0.2, 0.25) is 0 Å². The average Bonchev–Trinajstić information content (AvgIpc) is 2.56. The van der Waals surface area contributed by atoms with Gasteiger partial charge in [0.1, 0.15) is 0 Å². The molecule has 0 aliphatic carbocycles. The van der Waals surface area contributed by atoms with Gasteiger partial charge in [-0.25, -0.2) is 9.59 Å². The molecule has 0 saturated heterocycles. The van der Waals surface area contributed by atoms with E-state index in [1.54, 1.807) is 42.5 Å². The van der Waals surface area contributed by atoms with Gasteiger partial charge in [-0.15, -0.1) is 0 Å². The molecule has 0 fully saturated rings. The molecule has 0 unspecified atom stereocenters. The Morgan fingerprint density at radius 2 is 1.50 bits per heavy atom. The van der Waals surface area contributed by atoms with Crippen LogP contribution in [0.3, 0.4) is 0 Å². The van der Waals surface area contributed by atoms with Gasteiger partial charge in [0.05, 0.1) is 25.5 Å². The van der Waals surface area contributed by atoms with E-state index < -0.39 is 12.1 Å². The summed E-state index contributed by atoms with van der Waals surface area (Å²) in [6.45, 7) is 0. The summed E-state index contributed by atoms with van der Waals surface area (Å²) in [7, 11) is 2.64. The Morgan fingerprint density at radius 3 is 2.14 bits per heavy atom. The summed E-state index contributed by atoms with van der Waals surface area (Å²) in [5.41, 5.74) is 2.47. The maximum Gasteiger partial charge on any atom is 0.411 e. The van der Waals surface area contributed by atoms with Gasteiger partial charge in [-0.3, -0.25) is 5.32 Å². The topological polar surface area (TPSA) is 76.7 Å². The van der Waals surface area contributed by atoms with E-state index >= 15 is 0 Å². The highest BCUT2D eigenvalue weighted by Gasteiger charge is 2.11. The van der Waals surface area contributed by atoms with Crippen molar-refractivity contribution in [3.63, 3.8) is 0 Å². The van der Waals surface area contributed by atoms with Gasteiger partial charge < -0.3 is 14.8 Å². The summed E-state index contributed by atoms with van der Waals surface area (Å²) in [5.74, 6) is -0.410. The number of amides is 1. The van der Waals surface area contributed by atoms with Crippen LogP contribution in [0.4, 0.5) is 21.9 Å². The number of esters is 1. The molecular formula is C16H16N2O4. The number of rotatable bonds is 4. The van der Waals surface area contributed by atoms with Crippen molar-refractivity contribution in [2.24, 2.45) is 0 Å². The fraction of sp³-hybridized carbons (Fsp3) is 0.125. The fourth-order valence-electron chi connectivity index (χ4n) is 1.84. The molecule has 114 valence electrons. The van der Waals surface area contributed by atoms with Gasteiger partial charge in [0.15, 0.2) is 0 Å². The van der Waals surface area contributed by atoms with Crippen LogP contribution in [0.25, 0.3) is 0 Å². The van der Waals surface area contributed by atoms with Gasteiger partial charge in [-0.2, -0.15) is 0 Å². The second-order valence-electron chi connectivity index (χ2n) is 4.36. The van der Waals surface area contributed by atoms with Gasteiger partial charge in [-0.05, 0) is 36.4 Å². The van der Waals surface area contributed by atoms with Crippen LogP contribution in [0.5, 0.6) is 0 Å². The zero-order chi connectivity index (χ0) is 15.9. The van der Waals surface area contributed by atoms with Crippen molar-refractivity contribution in [3.8, 4) is 0 Å². The van der Waals surface area contributed by atoms with E-state index in [9.17, 15) is 9.59 Å². The van der Waals surface area contributed by atoms with E-state index in [1.807, 2.05) is 6.07 Å². The molecule has 22 heavy (non-hydrogen) atoms. The van der Waals surface area contributed by atoms with E-state index in [2.05, 4.69) is 15.4 Å². The third kappa shape index (κ3) is 3.76.